The Morgan fingerprint density at radius 2 is 1.90 bits per heavy atom. The summed E-state index contributed by atoms with van der Waals surface area (Å²) >= 11 is 0. The molecule has 1 aromatic heterocycles. The van der Waals surface area contributed by atoms with Gasteiger partial charge in [-0.2, -0.15) is 0 Å². The minimum absolute atomic E-state index is 1.04. The molecule has 0 amide bonds. The highest BCUT2D eigenvalue weighted by atomic mass is 14.7. The van der Waals surface area contributed by atoms with E-state index in [0.717, 1.165) is 17.0 Å². The molecule has 1 rings (SSSR count). The van der Waals surface area contributed by atoms with Gasteiger partial charge in [-0.15, -0.1) is 0 Å². The number of hydrogen-bond donors (Lipinski definition) is 0. The molecule has 0 saturated heterocycles. The third-order valence-corrected chi connectivity index (χ3v) is 1.68. The molecule has 1 aromatic rings. The Bertz CT molecular complexity index is 228. The molecular formula is C9H12N. The molecule has 0 aliphatic carbocycles. The van der Waals surface area contributed by atoms with Crippen LogP contribution in [0.15, 0.2) is 6.07 Å². The Morgan fingerprint density at radius 1 is 1.30 bits per heavy atom. The van der Waals surface area contributed by atoms with Crippen molar-refractivity contribution >= 4 is 0 Å². The van der Waals surface area contributed by atoms with Crippen LogP contribution in [0.4, 0.5) is 0 Å². The first-order valence-electron chi connectivity index (χ1n) is 3.38. The zero-order valence-corrected chi connectivity index (χ0v) is 6.73. The first kappa shape index (κ1) is 7.26. The van der Waals surface area contributed by atoms with Gasteiger partial charge >= 0.3 is 0 Å². The predicted octanol–water partition coefficient (Wildman–Crippen LogP) is 2.19. The molecule has 1 heteroatoms. The first-order chi connectivity index (χ1) is 4.61. The lowest BCUT2D eigenvalue weighted by Crippen LogP contribution is -1.92. The zero-order chi connectivity index (χ0) is 7.72. The fourth-order valence-corrected chi connectivity index (χ4v) is 1.05. The third kappa shape index (κ3) is 1.18. The first-order valence-corrected chi connectivity index (χ1v) is 3.38. The lowest BCUT2D eigenvalue weighted by Gasteiger charge is -2.03. The van der Waals surface area contributed by atoms with Crippen molar-refractivity contribution in [1.29, 1.82) is 0 Å². The summed E-state index contributed by atoms with van der Waals surface area (Å²) in [5.74, 6) is 0. The van der Waals surface area contributed by atoms with Crippen molar-refractivity contribution in [3.05, 3.63) is 35.5 Å². The van der Waals surface area contributed by atoms with Crippen LogP contribution < -0.4 is 0 Å². The van der Waals surface area contributed by atoms with E-state index in [1.165, 1.54) is 5.56 Å². The second kappa shape index (κ2) is 2.41. The zero-order valence-electron chi connectivity index (χ0n) is 6.73. The summed E-state index contributed by atoms with van der Waals surface area (Å²) < 4.78 is 0. The molecule has 53 valence electrons. The fraction of sp³-hybridized carbons (Fsp3) is 0.333. The van der Waals surface area contributed by atoms with Crippen molar-refractivity contribution in [2.75, 3.05) is 0 Å². The maximum atomic E-state index is 4.27. The van der Waals surface area contributed by atoms with E-state index in [2.05, 4.69) is 24.9 Å². The maximum Gasteiger partial charge on any atom is 0.0410 e. The molecule has 1 nitrogen and oxygen atoms in total. The Balaban J connectivity index is 3.31. The van der Waals surface area contributed by atoms with E-state index in [4.69, 9.17) is 0 Å². The van der Waals surface area contributed by atoms with Gasteiger partial charge in [-0.05, 0) is 44.9 Å². The number of hydrogen-bond acceptors (Lipinski definition) is 1. The largest absolute Gasteiger partial charge is 0.258 e. The van der Waals surface area contributed by atoms with Gasteiger partial charge in [0.1, 0.15) is 0 Å². The van der Waals surface area contributed by atoms with Crippen molar-refractivity contribution in [3.8, 4) is 0 Å². The number of rotatable bonds is 0. The smallest absolute Gasteiger partial charge is 0.0410 e. The van der Waals surface area contributed by atoms with Crippen LogP contribution in [-0.2, 0) is 0 Å². The standard InChI is InChI=1S/C9H12N/c1-6-5-7(2)10-9(4)8(6)3/h5H,3H2,1-2,4H3. The van der Waals surface area contributed by atoms with Gasteiger partial charge in [0.25, 0.3) is 0 Å². The van der Waals surface area contributed by atoms with E-state index in [9.17, 15) is 0 Å². The van der Waals surface area contributed by atoms with Crippen LogP contribution in [0.1, 0.15) is 22.5 Å². The number of aromatic nitrogens is 1. The normalized spacial score (nSPS) is 10.0. The van der Waals surface area contributed by atoms with Gasteiger partial charge < -0.3 is 0 Å². The summed E-state index contributed by atoms with van der Waals surface area (Å²) in [4.78, 5) is 4.27. The molecule has 1 heterocycles. The van der Waals surface area contributed by atoms with Crippen molar-refractivity contribution in [1.82, 2.24) is 4.98 Å². The minimum Gasteiger partial charge on any atom is -0.258 e. The molecule has 0 atom stereocenters. The van der Waals surface area contributed by atoms with E-state index in [1.807, 2.05) is 13.8 Å². The van der Waals surface area contributed by atoms with E-state index in [-0.39, 0.29) is 0 Å². The van der Waals surface area contributed by atoms with Crippen LogP contribution in [0.2, 0.25) is 0 Å². The Labute approximate surface area is 62.1 Å². The number of pyridine rings is 1. The highest BCUT2D eigenvalue weighted by Crippen LogP contribution is 2.10. The Hall–Kier alpha value is -0.850. The molecule has 0 fully saturated rings. The summed E-state index contributed by atoms with van der Waals surface area (Å²) in [6.07, 6.45) is 0. The maximum absolute atomic E-state index is 4.27. The summed E-state index contributed by atoms with van der Waals surface area (Å²) in [7, 11) is 0. The number of aryl methyl sites for hydroxylation is 3. The molecule has 0 bridgehead atoms. The van der Waals surface area contributed by atoms with Crippen molar-refractivity contribution < 1.29 is 0 Å². The second-order valence-corrected chi connectivity index (χ2v) is 2.64. The minimum atomic E-state index is 1.04. The molecule has 0 N–H and O–H groups in total. The van der Waals surface area contributed by atoms with Crippen LogP contribution in [0.3, 0.4) is 0 Å². The average molecular weight is 134 g/mol. The molecule has 0 aromatic carbocycles. The summed E-state index contributed by atoms with van der Waals surface area (Å²) in [5, 5.41) is 0. The predicted molar refractivity (Wildman–Crippen MR) is 42.9 cm³/mol. The Morgan fingerprint density at radius 3 is 2.40 bits per heavy atom. The van der Waals surface area contributed by atoms with Crippen LogP contribution >= 0.6 is 0 Å². The van der Waals surface area contributed by atoms with Crippen molar-refractivity contribution in [2.24, 2.45) is 0 Å². The van der Waals surface area contributed by atoms with Crippen LogP contribution in [0, 0.1) is 27.7 Å². The van der Waals surface area contributed by atoms with Gasteiger partial charge in [0, 0.05) is 11.4 Å². The third-order valence-electron chi connectivity index (χ3n) is 1.68. The lowest BCUT2D eigenvalue weighted by atomic mass is 10.1. The topological polar surface area (TPSA) is 12.9 Å². The lowest BCUT2D eigenvalue weighted by molar-refractivity contribution is 1.09. The molecule has 0 aliphatic heterocycles. The van der Waals surface area contributed by atoms with Gasteiger partial charge in [-0.25, -0.2) is 0 Å². The quantitative estimate of drug-likeness (QED) is 0.530. The molecule has 10 heavy (non-hydrogen) atoms. The molecule has 1 radical (unpaired) electrons. The Kier molecular flexibility index (Phi) is 1.75. The van der Waals surface area contributed by atoms with E-state index in [1.54, 1.807) is 0 Å². The molecule has 0 saturated carbocycles. The highest BCUT2D eigenvalue weighted by molar-refractivity contribution is 5.32. The molecular weight excluding hydrogens is 122 g/mol. The monoisotopic (exact) mass is 134 g/mol. The van der Waals surface area contributed by atoms with Gasteiger partial charge in [-0.1, -0.05) is 0 Å². The van der Waals surface area contributed by atoms with E-state index >= 15 is 0 Å². The van der Waals surface area contributed by atoms with Gasteiger partial charge in [0.05, 0.1) is 0 Å². The summed E-state index contributed by atoms with van der Waals surface area (Å²) in [6, 6.07) is 2.05. The molecule has 0 aliphatic rings. The summed E-state index contributed by atoms with van der Waals surface area (Å²) in [5.41, 5.74) is 4.40. The molecule has 0 spiro atoms. The molecule has 0 unspecified atom stereocenters. The number of nitrogens with zero attached hydrogens (tertiary/aromatic N) is 1. The van der Waals surface area contributed by atoms with Crippen molar-refractivity contribution in [3.63, 3.8) is 0 Å². The average Bonchev–Trinajstić information content (AvgIpc) is 1.82. The van der Waals surface area contributed by atoms with Crippen LogP contribution in [0.5, 0.6) is 0 Å². The van der Waals surface area contributed by atoms with Gasteiger partial charge in [-0.3, -0.25) is 4.98 Å². The van der Waals surface area contributed by atoms with E-state index < -0.39 is 0 Å². The second-order valence-electron chi connectivity index (χ2n) is 2.64. The van der Waals surface area contributed by atoms with Crippen molar-refractivity contribution in [2.45, 2.75) is 20.8 Å². The fourth-order valence-electron chi connectivity index (χ4n) is 1.05. The summed E-state index contributed by atoms with van der Waals surface area (Å²) in [6.45, 7) is 9.95. The highest BCUT2D eigenvalue weighted by Gasteiger charge is 1.97. The van der Waals surface area contributed by atoms with Gasteiger partial charge in [0.2, 0.25) is 0 Å². The van der Waals surface area contributed by atoms with E-state index in [0.29, 0.717) is 0 Å². The van der Waals surface area contributed by atoms with Gasteiger partial charge in [0.15, 0.2) is 0 Å². The van der Waals surface area contributed by atoms with Crippen LogP contribution in [0.25, 0.3) is 0 Å². The SMILES string of the molecule is [CH2]c1c(C)cc(C)nc1C. The van der Waals surface area contributed by atoms with Crippen LogP contribution in [-0.4, -0.2) is 4.98 Å².